The van der Waals surface area contributed by atoms with E-state index >= 15 is 0 Å². The maximum absolute atomic E-state index is 9.55. The van der Waals surface area contributed by atoms with Gasteiger partial charge in [0.15, 0.2) is 5.65 Å². The zero-order chi connectivity index (χ0) is 17.6. The number of nitrogen functional groups attached to an aromatic ring is 1. The van der Waals surface area contributed by atoms with Crippen LogP contribution in [-0.4, -0.2) is 24.9 Å². The monoisotopic (exact) mass is 333 g/mol. The zero-order valence-corrected chi connectivity index (χ0v) is 14.0. The lowest BCUT2D eigenvalue weighted by atomic mass is 10.1. The van der Waals surface area contributed by atoms with Gasteiger partial charge in [0.25, 0.3) is 0 Å². The molecule has 0 fully saturated rings. The second-order valence-electron chi connectivity index (χ2n) is 6.29. The number of allylic oxidation sites excluding steroid dienone is 3. The molecule has 6 nitrogen and oxygen atoms in total. The summed E-state index contributed by atoms with van der Waals surface area (Å²) >= 11 is 0. The molecule has 4 rings (SSSR count). The molecule has 3 N–H and O–H groups in total. The fourth-order valence-corrected chi connectivity index (χ4v) is 3.54. The summed E-state index contributed by atoms with van der Waals surface area (Å²) in [4.78, 5) is 8.58. The van der Waals surface area contributed by atoms with Crippen LogP contribution in [-0.2, 0) is 0 Å². The minimum atomic E-state index is 0.0974. The van der Waals surface area contributed by atoms with Gasteiger partial charge in [0.1, 0.15) is 23.6 Å². The van der Waals surface area contributed by atoms with E-state index in [1.54, 1.807) is 12.1 Å². The van der Waals surface area contributed by atoms with Crippen molar-refractivity contribution in [1.82, 2.24) is 19.7 Å². The van der Waals surface area contributed by atoms with E-state index in [1.807, 2.05) is 22.9 Å². The number of aromatic nitrogens is 4. The van der Waals surface area contributed by atoms with Gasteiger partial charge in [-0.25, -0.2) is 14.6 Å². The summed E-state index contributed by atoms with van der Waals surface area (Å²) in [5.41, 5.74) is 11.0. The average Bonchev–Trinajstić information content (AvgIpc) is 3.17. The van der Waals surface area contributed by atoms with Crippen molar-refractivity contribution < 1.29 is 5.11 Å². The van der Waals surface area contributed by atoms with Crippen LogP contribution in [0.4, 0.5) is 5.82 Å². The van der Waals surface area contributed by atoms with Crippen molar-refractivity contribution in [3.63, 3.8) is 0 Å². The van der Waals surface area contributed by atoms with Gasteiger partial charge in [-0.2, -0.15) is 5.10 Å². The molecular formula is C19H19N5O. The number of nitrogens with zero attached hydrogens (tertiary/aromatic N) is 4. The largest absolute Gasteiger partial charge is 0.508 e. The van der Waals surface area contributed by atoms with Crippen LogP contribution >= 0.6 is 0 Å². The van der Waals surface area contributed by atoms with Gasteiger partial charge in [-0.3, -0.25) is 0 Å². The second-order valence-corrected chi connectivity index (χ2v) is 6.29. The van der Waals surface area contributed by atoms with Crippen LogP contribution in [0.1, 0.15) is 25.8 Å². The van der Waals surface area contributed by atoms with Crippen LogP contribution < -0.4 is 5.73 Å². The van der Waals surface area contributed by atoms with Crippen molar-refractivity contribution >= 4 is 16.9 Å². The molecule has 0 saturated heterocycles. The van der Waals surface area contributed by atoms with Crippen molar-refractivity contribution in [2.45, 2.75) is 25.8 Å². The fourth-order valence-electron chi connectivity index (χ4n) is 3.54. The Kier molecular flexibility index (Phi) is 3.53. The van der Waals surface area contributed by atoms with Gasteiger partial charge in [0, 0.05) is 5.56 Å². The lowest BCUT2D eigenvalue weighted by molar-refractivity contribution is 0.475. The van der Waals surface area contributed by atoms with Gasteiger partial charge in [0.2, 0.25) is 0 Å². The van der Waals surface area contributed by atoms with E-state index < -0.39 is 0 Å². The molecule has 0 saturated carbocycles. The Hall–Kier alpha value is -3.15. The number of anilines is 1. The van der Waals surface area contributed by atoms with Crippen molar-refractivity contribution in [2.75, 3.05) is 5.73 Å². The highest BCUT2D eigenvalue weighted by atomic mass is 16.3. The number of nitrogens with two attached hydrogens (primary N) is 1. The Balaban J connectivity index is 1.97. The van der Waals surface area contributed by atoms with Gasteiger partial charge in [-0.05, 0) is 49.6 Å². The maximum Gasteiger partial charge on any atom is 0.164 e. The number of hydrogen-bond acceptors (Lipinski definition) is 5. The first kappa shape index (κ1) is 15.4. The highest BCUT2D eigenvalue weighted by Crippen LogP contribution is 2.40. The van der Waals surface area contributed by atoms with E-state index in [9.17, 15) is 5.11 Å². The van der Waals surface area contributed by atoms with Crippen molar-refractivity contribution in [1.29, 1.82) is 0 Å². The number of phenolic OH excluding ortho intramolecular Hbond substituents is 1. The molecule has 0 amide bonds. The molecule has 1 unspecified atom stereocenters. The molecule has 0 bridgehead atoms. The van der Waals surface area contributed by atoms with Crippen molar-refractivity contribution in [3.8, 4) is 17.0 Å². The number of rotatable bonds is 3. The minimum absolute atomic E-state index is 0.0974. The smallest absolute Gasteiger partial charge is 0.164 e. The topological polar surface area (TPSA) is 89.8 Å². The molecule has 0 radical (unpaired) electrons. The Bertz CT molecular complexity index is 1000. The SMILES string of the molecule is C=CC1=C(C)CCC1n1nc(-c2ccc(O)cc2)c2c(N)ncnc21. The van der Waals surface area contributed by atoms with Crippen molar-refractivity contribution in [3.05, 3.63) is 54.4 Å². The molecule has 1 aliphatic rings. The lowest BCUT2D eigenvalue weighted by Gasteiger charge is -2.14. The molecule has 2 heterocycles. The van der Waals surface area contributed by atoms with E-state index in [1.165, 1.54) is 17.5 Å². The molecular weight excluding hydrogens is 314 g/mol. The summed E-state index contributed by atoms with van der Waals surface area (Å²) in [7, 11) is 0. The Morgan fingerprint density at radius 3 is 2.76 bits per heavy atom. The van der Waals surface area contributed by atoms with Gasteiger partial charge >= 0.3 is 0 Å². The van der Waals surface area contributed by atoms with Crippen molar-refractivity contribution in [2.24, 2.45) is 0 Å². The second kappa shape index (κ2) is 5.73. The first-order valence-electron chi connectivity index (χ1n) is 8.20. The van der Waals surface area contributed by atoms with Crippen LogP contribution in [0.5, 0.6) is 5.75 Å². The summed E-state index contributed by atoms with van der Waals surface area (Å²) in [6.07, 6.45) is 5.35. The summed E-state index contributed by atoms with van der Waals surface area (Å²) in [5, 5.41) is 15.1. The predicted molar refractivity (Wildman–Crippen MR) is 98.0 cm³/mol. The summed E-state index contributed by atoms with van der Waals surface area (Å²) in [6, 6.07) is 7.00. The fraction of sp³-hybridized carbons (Fsp3) is 0.211. The van der Waals surface area contributed by atoms with Gasteiger partial charge < -0.3 is 10.8 Å². The van der Waals surface area contributed by atoms with E-state index in [2.05, 4.69) is 23.5 Å². The molecule has 25 heavy (non-hydrogen) atoms. The van der Waals surface area contributed by atoms with Crippen LogP contribution in [0.25, 0.3) is 22.3 Å². The summed E-state index contributed by atoms with van der Waals surface area (Å²) in [5.74, 6) is 0.609. The van der Waals surface area contributed by atoms with Crippen LogP contribution in [0.3, 0.4) is 0 Å². The standard InChI is InChI=1S/C19H19N5O/c1-3-14-11(2)4-9-15(14)24-19-16(18(20)21-10-22-19)17(23-24)12-5-7-13(25)8-6-12/h3,5-8,10,15,25H,1,4,9H2,2H3,(H2,20,21,22). The first-order valence-corrected chi connectivity index (χ1v) is 8.20. The quantitative estimate of drug-likeness (QED) is 0.764. The third-order valence-corrected chi connectivity index (χ3v) is 4.82. The minimum Gasteiger partial charge on any atom is -0.508 e. The number of aromatic hydroxyl groups is 1. The molecule has 2 aromatic heterocycles. The average molecular weight is 333 g/mol. The molecule has 6 heteroatoms. The number of hydrogen-bond donors (Lipinski definition) is 2. The summed E-state index contributed by atoms with van der Waals surface area (Å²) in [6.45, 7) is 6.09. The summed E-state index contributed by atoms with van der Waals surface area (Å²) < 4.78 is 1.93. The van der Waals surface area contributed by atoms with Crippen LogP contribution in [0, 0.1) is 0 Å². The van der Waals surface area contributed by atoms with E-state index in [-0.39, 0.29) is 11.8 Å². The molecule has 126 valence electrons. The van der Waals surface area contributed by atoms with Gasteiger partial charge in [-0.15, -0.1) is 0 Å². The Labute approximate surface area is 145 Å². The van der Waals surface area contributed by atoms with Gasteiger partial charge in [-0.1, -0.05) is 18.2 Å². The van der Waals surface area contributed by atoms with E-state index in [4.69, 9.17) is 10.8 Å². The Morgan fingerprint density at radius 1 is 1.28 bits per heavy atom. The first-order chi connectivity index (χ1) is 12.1. The van der Waals surface area contributed by atoms with E-state index in [0.29, 0.717) is 5.82 Å². The third kappa shape index (κ3) is 2.38. The molecule has 1 aliphatic carbocycles. The number of phenols is 1. The molecule has 1 aromatic carbocycles. The highest BCUT2D eigenvalue weighted by molar-refractivity contribution is 5.98. The molecule has 3 aromatic rings. The van der Waals surface area contributed by atoms with Crippen LogP contribution in [0.2, 0.25) is 0 Å². The number of fused-ring (bicyclic) bond motifs is 1. The van der Waals surface area contributed by atoms with E-state index in [0.717, 1.165) is 35.1 Å². The molecule has 0 aliphatic heterocycles. The van der Waals surface area contributed by atoms with Crippen LogP contribution in [0.15, 0.2) is 54.4 Å². The molecule has 0 spiro atoms. The number of benzene rings is 1. The molecule has 1 atom stereocenters. The predicted octanol–water partition coefficient (Wildman–Crippen LogP) is 3.62. The van der Waals surface area contributed by atoms with Gasteiger partial charge in [0.05, 0.1) is 11.4 Å². The highest BCUT2D eigenvalue weighted by Gasteiger charge is 2.28. The maximum atomic E-state index is 9.55. The normalized spacial score (nSPS) is 17.4. The Morgan fingerprint density at radius 2 is 2.04 bits per heavy atom. The lowest BCUT2D eigenvalue weighted by Crippen LogP contribution is -2.10. The third-order valence-electron chi connectivity index (χ3n) is 4.82. The zero-order valence-electron chi connectivity index (χ0n) is 14.0.